The SMILES string of the molecule is C=C(C)c1ccc(CC2CCCCC2N2CC(CC(C)C)C2)cc1CC. The van der Waals surface area contributed by atoms with Crippen molar-refractivity contribution in [3.63, 3.8) is 0 Å². The van der Waals surface area contributed by atoms with Gasteiger partial charge in [0.05, 0.1) is 0 Å². The summed E-state index contributed by atoms with van der Waals surface area (Å²) in [5.74, 6) is 2.66. The molecule has 1 nitrogen and oxygen atoms in total. The summed E-state index contributed by atoms with van der Waals surface area (Å²) in [7, 11) is 0. The number of allylic oxidation sites excluding steroid dienone is 1. The Balaban J connectivity index is 1.65. The molecule has 0 spiro atoms. The standard InChI is InChI=1S/C25H39N/c1-6-22-14-20(11-12-24(22)19(4)5)15-23-9-7-8-10-25(23)26-16-21(17-26)13-18(2)3/h11-12,14,18,21,23,25H,4,6-10,13,15-17H2,1-3,5H3. The van der Waals surface area contributed by atoms with E-state index in [1.165, 1.54) is 68.3 Å². The van der Waals surface area contributed by atoms with Crippen molar-refractivity contribution >= 4 is 5.57 Å². The summed E-state index contributed by atoms with van der Waals surface area (Å²) in [4.78, 5) is 2.82. The maximum Gasteiger partial charge on any atom is 0.0127 e. The number of aryl methyl sites for hydroxylation is 1. The first-order valence-electron chi connectivity index (χ1n) is 11.0. The van der Waals surface area contributed by atoms with Crippen molar-refractivity contribution in [2.45, 2.75) is 78.7 Å². The second-order valence-corrected chi connectivity index (χ2v) is 9.39. The number of hydrogen-bond acceptors (Lipinski definition) is 1. The Morgan fingerprint density at radius 3 is 2.58 bits per heavy atom. The number of rotatable bonds is 7. The molecule has 1 heteroatoms. The van der Waals surface area contributed by atoms with Gasteiger partial charge in [-0.3, -0.25) is 4.90 Å². The van der Waals surface area contributed by atoms with Gasteiger partial charge in [0.25, 0.3) is 0 Å². The van der Waals surface area contributed by atoms with Gasteiger partial charge in [-0.15, -0.1) is 0 Å². The van der Waals surface area contributed by atoms with Crippen molar-refractivity contribution in [3.05, 3.63) is 41.5 Å². The molecule has 2 aliphatic rings. The van der Waals surface area contributed by atoms with Gasteiger partial charge in [-0.05, 0) is 73.5 Å². The molecule has 1 aliphatic carbocycles. The van der Waals surface area contributed by atoms with Crippen molar-refractivity contribution in [3.8, 4) is 0 Å². The van der Waals surface area contributed by atoms with E-state index in [0.717, 1.165) is 30.2 Å². The fourth-order valence-corrected chi connectivity index (χ4v) is 5.39. The molecule has 1 saturated carbocycles. The lowest BCUT2D eigenvalue weighted by Crippen LogP contribution is -2.55. The number of benzene rings is 1. The molecule has 2 fully saturated rings. The molecule has 1 aromatic carbocycles. The molecule has 26 heavy (non-hydrogen) atoms. The molecule has 0 aromatic heterocycles. The van der Waals surface area contributed by atoms with E-state index >= 15 is 0 Å². The third-order valence-electron chi connectivity index (χ3n) is 6.64. The normalized spacial score (nSPS) is 24.7. The van der Waals surface area contributed by atoms with Crippen LogP contribution >= 0.6 is 0 Å². The molecular weight excluding hydrogens is 314 g/mol. The molecule has 1 saturated heterocycles. The zero-order valence-corrected chi connectivity index (χ0v) is 17.6. The lowest BCUT2D eigenvalue weighted by molar-refractivity contribution is -0.000724. The summed E-state index contributed by atoms with van der Waals surface area (Å²) < 4.78 is 0. The van der Waals surface area contributed by atoms with E-state index in [4.69, 9.17) is 0 Å². The Bertz CT molecular complexity index is 609. The van der Waals surface area contributed by atoms with Gasteiger partial charge in [-0.2, -0.15) is 0 Å². The van der Waals surface area contributed by atoms with Crippen molar-refractivity contribution in [1.82, 2.24) is 4.90 Å². The largest absolute Gasteiger partial charge is 0.299 e. The van der Waals surface area contributed by atoms with E-state index in [9.17, 15) is 0 Å². The minimum atomic E-state index is 0.832. The minimum absolute atomic E-state index is 0.832. The van der Waals surface area contributed by atoms with Gasteiger partial charge in [0.2, 0.25) is 0 Å². The topological polar surface area (TPSA) is 3.24 Å². The van der Waals surface area contributed by atoms with Crippen molar-refractivity contribution < 1.29 is 0 Å². The van der Waals surface area contributed by atoms with Gasteiger partial charge in [-0.1, -0.05) is 64.0 Å². The van der Waals surface area contributed by atoms with Gasteiger partial charge >= 0.3 is 0 Å². The number of likely N-dealkylation sites (tertiary alicyclic amines) is 1. The van der Waals surface area contributed by atoms with Crippen LogP contribution < -0.4 is 0 Å². The van der Waals surface area contributed by atoms with Crippen LogP contribution in [0.15, 0.2) is 24.8 Å². The molecule has 2 unspecified atom stereocenters. The van der Waals surface area contributed by atoms with Crippen LogP contribution in [0.5, 0.6) is 0 Å². The summed E-state index contributed by atoms with van der Waals surface area (Å²) in [6, 6.07) is 7.98. The highest BCUT2D eigenvalue weighted by atomic mass is 15.2. The van der Waals surface area contributed by atoms with Gasteiger partial charge in [0, 0.05) is 19.1 Å². The zero-order chi connectivity index (χ0) is 18.7. The van der Waals surface area contributed by atoms with Crippen molar-refractivity contribution in [2.24, 2.45) is 17.8 Å². The van der Waals surface area contributed by atoms with E-state index in [1.807, 2.05) is 0 Å². The highest BCUT2D eigenvalue weighted by Gasteiger charge is 2.37. The molecule has 1 aliphatic heterocycles. The van der Waals surface area contributed by atoms with Crippen LogP contribution in [0, 0.1) is 17.8 Å². The first-order valence-corrected chi connectivity index (χ1v) is 11.0. The quantitative estimate of drug-likeness (QED) is 0.551. The Morgan fingerprint density at radius 2 is 1.92 bits per heavy atom. The van der Waals surface area contributed by atoms with Crippen molar-refractivity contribution in [1.29, 1.82) is 0 Å². The van der Waals surface area contributed by atoms with Crippen LogP contribution in [0.2, 0.25) is 0 Å². The molecule has 144 valence electrons. The van der Waals surface area contributed by atoms with Crippen molar-refractivity contribution in [2.75, 3.05) is 13.1 Å². The first kappa shape index (κ1) is 19.7. The van der Waals surface area contributed by atoms with Crippen LogP contribution in [-0.2, 0) is 12.8 Å². The molecule has 1 aromatic rings. The molecule has 0 amide bonds. The fourth-order valence-electron chi connectivity index (χ4n) is 5.39. The second-order valence-electron chi connectivity index (χ2n) is 9.39. The van der Waals surface area contributed by atoms with E-state index in [0.29, 0.717) is 0 Å². The maximum absolute atomic E-state index is 4.15. The monoisotopic (exact) mass is 353 g/mol. The predicted octanol–water partition coefficient (Wildman–Crippen LogP) is 6.36. The molecular formula is C25H39N. The molecule has 0 radical (unpaired) electrons. The summed E-state index contributed by atoms with van der Waals surface area (Å²) in [5.41, 5.74) is 5.57. The van der Waals surface area contributed by atoms with Gasteiger partial charge in [0.1, 0.15) is 0 Å². The smallest absolute Gasteiger partial charge is 0.0127 e. The molecule has 0 N–H and O–H groups in total. The Labute approximate surface area is 161 Å². The number of nitrogens with zero attached hydrogens (tertiary/aromatic N) is 1. The summed E-state index contributed by atoms with van der Waals surface area (Å²) in [6.45, 7) is 16.0. The number of hydrogen-bond donors (Lipinski definition) is 0. The van der Waals surface area contributed by atoms with E-state index in [2.05, 4.69) is 57.4 Å². The van der Waals surface area contributed by atoms with Crippen LogP contribution in [0.4, 0.5) is 0 Å². The average molecular weight is 354 g/mol. The molecule has 0 bridgehead atoms. The molecule has 2 atom stereocenters. The highest BCUT2D eigenvalue weighted by molar-refractivity contribution is 5.65. The van der Waals surface area contributed by atoms with E-state index in [1.54, 1.807) is 5.56 Å². The van der Waals surface area contributed by atoms with Gasteiger partial charge in [-0.25, -0.2) is 0 Å². The average Bonchev–Trinajstić information content (AvgIpc) is 2.58. The Hall–Kier alpha value is -1.08. The van der Waals surface area contributed by atoms with Crippen LogP contribution in [-0.4, -0.2) is 24.0 Å². The summed E-state index contributed by atoms with van der Waals surface area (Å²) in [5, 5.41) is 0. The highest BCUT2D eigenvalue weighted by Crippen LogP contribution is 2.36. The van der Waals surface area contributed by atoms with Gasteiger partial charge < -0.3 is 0 Å². The zero-order valence-electron chi connectivity index (χ0n) is 17.6. The van der Waals surface area contributed by atoms with Gasteiger partial charge in [0.15, 0.2) is 0 Å². The Morgan fingerprint density at radius 1 is 1.19 bits per heavy atom. The maximum atomic E-state index is 4.15. The van der Waals surface area contributed by atoms with Crippen LogP contribution in [0.1, 0.15) is 76.5 Å². The lowest BCUT2D eigenvalue weighted by Gasteiger charge is -2.49. The molecule has 1 heterocycles. The first-order chi connectivity index (χ1) is 12.5. The third-order valence-corrected chi connectivity index (χ3v) is 6.64. The van der Waals surface area contributed by atoms with E-state index in [-0.39, 0.29) is 0 Å². The molecule has 3 rings (SSSR count). The lowest BCUT2D eigenvalue weighted by atomic mass is 9.77. The summed E-state index contributed by atoms with van der Waals surface area (Å²) >= 11 is 0. The second kappa shape index (κ2) is 8.74. The Kier molecular flexibility index (Phi) is 6.61. The third kappa shape index (κ3) is 4.60. The minimum Gasteiger partial charge on any atom is -0.299 e. The predicted molar refractivity (Wildman–Crippen MR) is 114 cm³/mol. The summed E-state index contributed by atoms with van der Waals surface area (Å²) in [6.07, 6.45) is 9.47. The van der Waals surface area contributed by atoms with Crippen LogP contribution in [0.25, 0.3) is 5.57 Å². The van der Waals surface area contributed by atoms with Crippen LogP contribution in [0.3, 0.4) is 0 Å². The van der Waals surface area contributed by atoms with E-state index < -0.39 is 0 Å². The fraction of sp³-hybridized carbons (Fsp3) is 0.680.